The van der Waals surface area contributed by atoms with Crippen LogP contribution in [-0.4, -0.2) is 6.61 Å². The van der Waals surface area contributed by atoms with Gasteiger partial charge in [0.15, 0.2) is 0 Å². The number of halogens is 1. The van der Waals surface area contributed by atoms with Gasteiger partial charge in [0.1, 0.15) is 5.75 Å². The molecule has 1 atom stereocenters. The average Bonchev–Trinajstić information content (AvgIpc) is 2.84. The molecule has 0 aliphatic carbocycles. The molecule has 0 amide bonds. The lowest BCUT2D eigenvalue weighted by Gasteiger charge is -2.15. The first kappa shape index (κ1) is 15.4. The molecule has 0 spiro atoms. The number of rotatable bonds is 6. The van der Waals surface area contributed by atoms with E-state index in [1.165, 1.54) is 4.88 Å². The number of hydrogen-bond acceptors (Lipinski definition) is 3. The van der Waals surface area contributed by atoms with Crippen LogP contribution in [0.1, 0.15) is 31.7 Å². The molecule has 2 rings (SSSR count). The van der Waals surface area contributed by atoms with Crippen molar-refractivity contribution in [3.05, 3.63) is 45.1 Å². The van der Waals surface area contributed by atoms with Gasteiger partial charge < -0.3 is 10.1 Å². The highest BCUT2D eigenvalue weighted by molar-refractivity contribution is 9.10. The van der Waals surface area contributed by atoms with E-state index in [0.717, 1.165) is 22.5 Å². The highest BCUT2D eigenvalue weighted by Crippen LogP contribution is 2.28. The highest BCUT2D eigenvalue weighted by atomic mass is 79.9. The molecule has 2 nitrogen and oxygen atoms in total. The second kappa shape index (κ2) is 7.14. The normalized spacial score (nSPS) is 12.4. The van der Waals surface area contributed by atoms with Gasteiger partial charge in [-0.25, -0.2) is 0 Å². The van der Waals surface area contributed by atoms with E-state index < -0.39 is 0 Å². The molecule has 0 aliphatic heterocycles. The number of benzene rings is 1. The van der Waals surface area contributed by atoms with Crippen molar-refractivity contribution in [2.45, 2.75) is 26.8 Å². The molecule has 0 bridgehead atoms. The van der Waals surface area contributed by atoms with Crippen molar-refractivity contribution in [1.82, 2.24) is 0 Å². The fourth-order valence-electron chi connectivity index (χ4n) is 1.82. The van der Waals surface area contributed by atoms with Crippen LogP contribution in [0.3, 0.4) is 0 Å². The summed E-state index contributed by atoms with van der Waals surface area (Å²) in [4.78, 5) is 1.31. The number of ether oxygens (including phenoxy) is 1. The minimum absolute atomic E-state index is 0.284. The molecule has 1 aromatic carbocycles. The van der Waals surface area contributed by atoms with Crippen LogP contribution in [0, 0.1) is 5.92 Å². The Morgan fingerprint density at radius 1 is 1.25 bits per heavy atom. The van der Waals surface area contributed by atoms with E-state index in [1.54, 1.807) is 11.3 Å². The van der Waals surface area contributed by atoms with Crippen LogP contribution >= 0.6 is 27.3 Å². The van der Waals surface area contributed by atoms with Crippen molar-refractivity contribution in [3.63, 3.8) is 0 Å². The summed E-state index contributed by atoms with van der Waals surface area (Å²) in [5.74, 6) is 1.46. The van der Waals surface area contributed by atoms with Gasteiger partial charge in [-0.2, -0.15) is 0 Å². The summed E-state index contributed by atoms with van der Waals surface area (Å²) in [7, 11) is 0. The summed E-state index contributed by atoms with van der Waals surface area (Å²) in [6.07, 6.45) is 0. The van der Waals surface area contributed by atoms with Crippen molar-refractivity contribution in [2.24, 2.45) is 5.92 Å². The first-order chi connectivity index (χ1) is 9.54. The average molecular weight is 354 g/mol. The molecule has 0 fully saturated rings. The quantitative estimate of drug-likeness (QED) is 0.716. The minimum Gasteiger partial charge on any atom is -0.493 e. The predicted octanol–water partition coefficient (Wildman–Crippen LogP) is 5.72. The standard InChI is InChI=1S/C16H20BrNOS/c1-11(2)9-19-15-6-4-5-14(8-15)18-12(3)16-7-13(17)10-20-16/h4-8,10-12,18H,9H2,1-3H3. The molecule has 1 N–H and O–H groups in total. The Kier molecular flexibility index (Phi) is 5.49. The fourth-order valence-corrected chi connectivity index (χ4v) is 3.27. The molecule has 0 saturated heterocycles. The predicted molar refractivity (Wildman–Crippen MR) is 90.8 cm³/mol. The third-order valence-corrected chi connectivity index (χ3v) is 4.69. The molecule has 1 unspecified atom stereocenters. The van der Waals surface area contributed by atoms with Crippen LogP contribution in [0.5, 0.6) is 5.75 Å². The molecule has 0 aliphatic rings. The minimum atomic E-state index is 0.284. The smallest absolute Gasteiger partial charge is 0.121 e. The summed E-state index contributed by atoms with van der Waals surface area (Å²) in [6, 6.07) is 10.6. The van der Waals surface area contributed by atoms with Crippen molar-refractivity contribution in [3.8, 4) is 5.75 Å². The molecule has 0 radical (unpaired) electrons. The Labute approximate surface area is 133 Å². The van der Waals surface area contributed by atoms with E-state index in [2.05, 4.69) is 65.6 Å². The number of nitrogens with one attached hydrogen (secondary N) is 1. The van der Waals surface area contributed by atoms with Crippen molar-refractivity contribution < 1.29 is 4.74 Å². The molecular weight excluding hydrogens is 334 g/mol. The Hall–Kier alpha value is -1.000. The van der Waals surface area contributed by atoms with Gasteiger partial charge in [0.05, 0.1) is 12.6 Å². The van der Waals surface area contributed by atoms with Gasteiger partial charge in [0, 0.05) is 26.5 Å². The third-order valence-electron chi connectivity index (χ3n) is 2.82. The number of thiophene rings is 1. The largest absolute Gasteiger partial charge is 0.493 e. The Morgan fingerprint density at radius 2 is 2.05 bits per heavy atom. The maximum atomic E-state index is 5.75. The monoisotopic (exact) mass is 353 g/mol. The summed E-state index contributed by atoms with van der Waals surface area (Å²) in [5.41, 5.74) is 1.09. The second-order valence-corrected chi connectivity index (χ2v) is 7.12. The zero-order valence-corrected chi connectivity index (χ0v) is 14.4. The van der Waals surface area contributed by atoms with E-state index in [0.29, 0.717) is 5.92 Å². The van der Waals surface area contributed by atoms with Crippen molar-refractivity contribution in [2.75, 3.05) is 11.9 Å². The van der Waals surface area contributed by atoms with Gasteiger partial charge in [-0.15, -0.1) is 11.3 Å². The van der Waals surface area contributed by atoms with Crippen LogP contribution < -0.4 is 10.1 Å². The van der Waals surface area contributed by atoms with Gasteiger partial charge in [-0.3, -0.25) is 0 Å². The van der Waals surface area contributed by atoms with Gasteiger partial charge in [-0.05, 0) is 47.0 Å². The van der Waals surface area contributed by atoms with Crippen LogP contribution in [0.15, 0.2) is 40.2 Å². The molecule has 0 saturated carbocycles. The van der Waals surface area contributed by atoms with Gasteiger partial charge in [0.25, 0.3) is 0 Å². The third kappa shape index (κ3) is 4.53. The summed E-state index contributed by atoms with van der Waals surface area (Å²) in [6.45, 7) is 7.22. The lowest BCUT2D eigenvalue weighted by atomic mass is 10.2. The van der Waals surface area contributed by atoms with E-state index in [1.807, 2.05) is 12.1 Å². The van der Waals surface area contributed by atoms with Crippen LogP contribution in [-0.2, 0) is 0 Å². The highest BCUT2D eigenvalue weighted by Gasteiger charge is 2.08. The second-order valence-electron chi connectivity index (χ2n) is 5.27. The molecule has 4 heteroatoms. The summed E-state index contributed by atoms with van der Waals surface area (Å²) < 4.78 is 6.89. The van der Waals surface area contributed by atoms with Gasteiger partial charge in [0.2, 0.25) is 0 Å². The lowest BCUT2D eigenvalue weighted by molar-refractivity contribution is 0.271. The summed E-state index contributed by atoms with van der Waals surface area (Å²) in [5, 5.41) is 5.62. The molecule has 2 aromatic rings. The fraction of sp³-hybridized carbons (Fsp3) is 0.375. The van der Waals surface area contributed by atoms with Crippen molar-refractivity contribution >= 4 is 33.0 Å². The summed E-state index contributed by atoms with van der Waals surface area (Å²) >= 11 is 5.25. The van der Waals surface area contributed by atoms with E-state index in [9.17, 15) is 0 Å². The van der Waals surface area contributed by atoms with E-state index in [4.69, 9.17) is 4.74 Å². The number of anilines is 1. The molecular formula is C16H20BrNOS. The van der Waals surface area contributed by atoms with Crippen LogP contribution in [0.2, 0.25) is 0 Å². The molecule has 1 heterocycles. The first-order valence-corrected chi connectivity index (χ1v) is 8.45. The van der Waals surface area contributed by atoms with E-state index in [-0.39, 0.29) is 6.04 Å². The SMILES string of the molecule is CC(C)COc1cccc(NC(C)c2cc(Br)cs2)c1. The van der Waals surface area contributed by atoms with Gasteiger partial charge in [-0.1, -0.05) is 19.9 Å². The first-order valence-electron chi connectivity index (χ1n) is 6.78. The van der Waals surface area contributed by atoms with E-state index >= 15 is 0 Å². The Morgan fingerprint density at radius 3 is 2.70 bits per heavy atom. The topological polar surface area (TPSA) is 21.3 Å². The Bertz CT molecular complexity index is 553. The van der Waals surface area contributed by atoms with Crippen LogP contribution in [0.25, 0.3) is 0 Å². The Balaban J connectivity index is 2.00. The molecule has 108 valence electrons. The maximum Gasteiger partial charge on any atom is 0.121 e. The van der Waals surface area contributed by atoms with Gasteiger partial charge >= 0.3 is 0 Å². The maximum absolute atomic E-state index is 5.75. The zero-order chi connectivity index (χ0) is 14.5. The van der Waals surface area contributed by atoms with Crippen molar-refractivity contribution in [1.29, 1.82) is 0 Å². The van der Waals surface area contributed by atoms with Crippen LogP contribution in [0.4, 0.5) is 5.69 Å². The zero-order valence-electron chi connectivity index (χ0n) is 12.0. The lowest BCUT2D eigenvalue weighted by Crippen LogP contribution is -2.06. The molecule has 1 aromatic heterocycles. The molecule has 20 heavy (non-hydrogen) atoms. The number of hydrogen-bond donors (Lipinski definition) is 1.